The number of nitrogens with zero attached hydrogens (tertiary/aromatic N) is 2. The summed E-state index contributed by atoms with van der Waals surface area (Å²) in [5, 5.41) is 21.9. The van der Waals surface area contributed by atoms with Gasteiger partial charge in [-0.3, -0.25) is 4.79 Å². The second-order valence-electron chi connectivity index (χ2n) is 8.31. The van der Waals surface area contributed by atoms with Gasteiger partial charge in [0.1, 0.15) is 23.1 Å². The Morgan fingerprint density at radius 1 is 1.26 bits per heavy atom. The van der Waals surface area contributed by atoms with Crippen molar-refractivity contribution in [3.05, 3.63) is 75.5 Å². The summed E-state index contributed by atoms with van der Waals surface area (Å²) in [6.45, 7) is -0.883. The van der Waals surface area contributed by atoms with Crippen LogP contribution in [0.15, 0.2) is 47.1 Å². The molecule has 1 amide bonds. The number of anilines is 1. The molecule has 0 unspecified atom stereocenters. The molecule has 2 aromatic carbocycles. The summed E-state index contributed by atoms with van der Waals surface area (Å²) in [6, 6.07) is 5.13. The van der Waals surface area contributed by atoms with E-state index in [1.165, 1.54) is 24.4 Å². The van der Waals surface area contributed by atoms with E-state index in [9.17, 15) is 19.4 Å². The molecular weight excluding hydrogens is 522 g/mol. The molecule has 4 rings (SSSR count). The van der Waals surface area contributed by atoms with Crippen LogP contribution in [0.1, 0.15) is 62.0 Å². The van der Waals surface area contributed by atoms with Crippen molar-refractivity contribution < 1.29 is 26.5 Å². The molecule has 0 spiro atoms. The van der Waals surface area contributed by atoms with Gasteiger partial charge in [-0.25, -0.2) is 18.7 Å². The third-order valence-corrected chi connectivity index (χ3v) is 6.38. The average Bonchev–Trinajstić information content (AvgIpc) is 2.83. The van der Waals surface area contributed by atoms with Crippen molar-refractivity contribution >= 4 is 27.7 Å². The number of hydrogen-bond acceptors (Lipinski definition) is 6. The zero-order valence-electron chi connectivity index (χ0n) is 20.6. The van der Waals surface area contributed by atoms with Crippen molar-refractivity contribution in [3.63, 3.8) is 0 Å². The number of amides is 1. The fourth-order valence-corrected chi connectivity index (χ4v) is 4.52. The Kier molecular flexibility index (Phi) is 6.92. The molecule has 0 saturated heterocycles. The molecular formula is C25H25BrF2N4O3. The van der Waals surface area contributed by atoms with Gasteiger partial charge in [0.25, 0.3) is 5.91 Å². The molecule has 35 heavy (non-hydrogen) atoms. The number of rotatable bonds is 6. The quantitative estimate of drug-likeness (QED) is 0.365. The Bertz CT molecular complexity index is 1320. The first-order valence-electron chi connectivity index (χ1n) is 12.0. The van der Waals surface area contributed by atoms with Crippen LogP contribution in [-0.4, -0.2) is 38.8 Å². The van der Waals surface area contributed by atoms with Gasteiger partial charge in [-0.1, -0.05) is 22.0 Å². The number of aromatic nitrogens is 2. The van der Waals surface area contributed by atoms with E-state index in [1.54, 1.807) is 0 Å². The van der Waals surface area contributed by atoms with Crippen LogP contribution < -0.4 is 11.1 Å². The van der Waals surface area contributed by atoms with Crippen LogP contribution in [0.3, 0.4) is 0 Å². The SMILES string of the molecule is [2H]C1(O)CCC(c2cnc(N)c(-c3ccc(C(=O)N[C@]([2H])(CO)c4cc(F)cc(Br)c4)c(F)c3)n2)CC1. The molecule has 1 atom stereocenters. The molecule has 3 aromatic rings. The molecule has 1 heterocycles. The van der Waals surface area contributed by atoms with Crippen LogP contribution in [0, 0.1) is 11.6 Å². The lowest BCUT2D eigenvalue weighted by molar-refractivity contribution is 0.0912. The van der Waals surface area contributed by atoms with E-state index in [0.717, 1.165) is 18.2 Å². The van der Waals surface area contributed by atoms with Gasteiger partial charge >= 0.3 is 0 Å². The van der Waals surface area contributed by atoms with Gasteiger partial charge in [-0.2, -0.15) is 0 Å². The topological polar surface area (TPSA) is 121 Å². The Morgan fingerprint density at radius 2 is 2.00 bits per heavy atom. The summed E-state index contributed by atoms with van der Waals surface area (Å²) >= 11 is 3.11. The second-order valence-corrected chi connectivity index (χ2v) is 9.23. The highest BCUT2D eigenvalue weighted by molar-refractivity contribution is 9.10. The van der Waals surface area contributed by atoms with Crippen molar-refractivity contribution in [1.82, 2.24) is 15.3 Å². The van der Waals surface area contributed by atoms with Gasteiger partial charge in [0.05, 0.1) is 38.9 Å². The lowest BCUT2D eigenvalue weighted by atomic mass is 9.85. The Balaban J connectivity index is 1.58. The normalized spacial score (nSPS) is 22.6. The van der Waals surface area contributed by atoms with Crippen molar-refractivity contribution in [2.45, 2.75) is 43.7 Å². The molecule has 1 fully saturated rings. The lowest BCUT2D eigenvalue weighted by Crippen LogP contribution is -2.31. The van der Waals surface area contributed by atoms with Gasteiger partial charge in [0.15, 0.2) is 0 Å². The maximum Gasteiger partial charge on any atom is 0.254 e. The van der Waals surface area contributed by atoms with Gasteiger partial charge in [0.2, 0.25) is 0 Å². The van der Waals surface area contributed by atoms with E-state index in [1.807, 2.05) is 0 Å². The summed E-state index contributed by atoms with van der Waals surface area (Å²) < 4.78 is 45.4. The predicted molar refractivity (Wildman–Crippen MR) is 130 cm³/mol. The molecule has 7 nitrogen and oxygen atoms in total. The van der Waals surface area contributed by atoms with Gasteiger partial charge < -0.3 is 21.3 Å². The molecule has 0 bridgehead atoms. The molecule has 10 heteroatoms. The van der Waals surface area contributed by atoms with Crippen LogP contribution in [-0.2, 0) is 0 Å². The maximum atomic E-state index is 15.1. The van der Waals surface area contributed by atoms with Crippen molar-refractivity contribution in [2.75, 3.05) is 12.3 Å². The fourth-order valence-electron chi connectivity index (χ4n) is 4.05. The summed E-state index contributed by atoms with van der Waals surface area (Å²) in [5.74, 6) is -2.54. The van der Waals surface area contributed by atoms with Gasteiger partial charge in [0, 0.05) is 16.0 Å². The fraction of sp³-hybridized carbons (Fsp3) is 0.320. The summed E-state index contributed by atoms with van der Waals surface area (Å²) in [4.78, 5) is 21.6. The Labute approximate surface area is 212 Å². The highest BCUT2D eigenvalue weighted by atomic mass is 79.9. The van der Waals surface area contributed by atoms with Crippen molar-refractivity contribution in [3.8, 4) is 11.3 Å². The minimum atomic E-state index is -2.12. The number of benzene rings is 2. The van der Waals surface area contributed by atoms with Crippen LogP contribution in [0.4, 0.5) is 14.6 Å². The van der Waals surface area contributed by atoms with E-state index in [2.05, 4.69) is 31.2 Å². The van der Waals surface area contributed by atoms with Crippen LogP contribution in [0.5, 0.6) is 0 Å². The first kappa shape index (κ1) is 22.5. The van der Waals surface area contributed by atoms with Gasteiger partial charge in [-0.15, -0.1) is 0 Å². The second kappa shape index (κ2) is 10.8. The van der Waals surface area contributed by atoms with E-state index >= 15 is 4.39 Å². The maximum absolute atomic E-state index is 15.1. The third-order valence-electron chi connectivity index (χ3n) is 5.92. The molecule has 1 aliphatic rings. The number of carbonyl (C=O) groups is 1. The highest BCUT2D eigenvalue weighted by Gasteiger charge is 2.24. The Hall–Kier alpha value is -2.95. The smallest absolute Gasteiger partial charge is 0.254 e. The van der Waals surface area contributed by atoms with E-state index < -0.39 is 41.8 Å². The number of halogens is 3. The number of hydrogen-bond donors (Lipinski definition) is 4. The standard InChI is InChI=1S/C25H25BrF2N4O3/c26-16-7-15(8-17(27)10-16)22(12-33)32-25(35)19-6-3-14(9-20(19)28)23-24(29)30-11-21(31-23)13-1-4-18(34)5-2-13/h3,6-11,13,18,22,33-34H,1-2,4-5,12H2,(H2,29,30)(H,32,35)/t13?,18?,22-/m1/s1/i18D,22D. The number of nitrogens with two attached hydrogens (primary N) is 1. The molecule has 1 saturated carbocycles. The van der Waals surface area contributed by atoms with E-state index in [-0.39, 0.29) is 28.6 Å². The molecule has 184 valence electrons. The number of nitrogens with one attached hydrogen (secondary N) is 1. The molecule has 0 radical (unpaired) electrons. The third kappa shape index (κ3) is 5.83. The summed E-state index contributed by atoms with van der Waals surface area (Å²) in [5.41, 5.74) is 6.70. The lowest BCUT2D eigenvalue weighted by Gasteiger charge is -2.25. The minimum absolute atomic E-state index is 0.0288. The largest absolute Gasteiger partial charge is 0.394 e. The number of nitrogen functional groups attached to an aromatic ring is 1. The Morgan fingerprint density at radius 3 is 2.66 bits per heavy atom. The summed E-state index contributed by atoms with van der Waals surface area (Å²) in [6.07, 6.45) is 1.78. The molecule has 1 aromatic heterocycles. The number of aliphatic hydroxyl groups excluding tert-OH is 1. The highest BCUT2D eigenvalue weighted by Crippen LogP contribution is 2.34. The van der Waals surface area contributed by atoms with Crippen LogP contribution >= 0.6 is 15.9 Å². The molecule has 1 aliphatic carbocycles. The van der Waals surface area contributed by atoms with Gasteiger partial charge in [-0.05, 0) is 61.6 Å². The first-order chi connectivity index (χ1) is 17.4. The van der Waals surface area contributed by atoms with Crippen molar-refractivity contribution in [1.29, 1.82) is 0 Å². The predicted octanol–water partition coefficient (Wildman–Crippen LogP) is 4.25. The van der Waals surface area contributed by atoms with Crippen molar-refractivity contribution in [2.24, 2.45) is 0 Å². The zero-order valence-corrected chi connectivity index (χ0v) is 20.1. The first-order valence-corrected chi connectivity index (χ1v) is 11.7. The summed E-state index contributed by atoms with van der Waals surface area (Å²) in [7, 11) is 0. The zero-order chi connectivity index (χ0) is 27.0. The van der Waals surface area contributed by atoms with Crippen LogP contribution in [0.25, 0.3) is 11.3 Å². The number of aliphatic hydroxyl groups is 2. The van der Waals surface area contributed by atoms with E-state index in [4.69, 9.17) is 8.48 Å². The number of carbonyl (C=O) groups excluding carboxylic acids is 1. The van der Waals surface area contributed by atoms with Crippen LogP contribution in [0.2, 0.25) is 0 Å². The minimum Gasteiger partial charge on any atom is -0.394 e. The van der Waals surface area contributed by atoms with E-state index in [0.29, 0.717) is 35.8 Å². The molecule has 0 aliphatic heterocycles. The average molecular weight is 549 g/mol. The monoisotopic (exact) mass is 548 g/mol. The molecule has 5 N–H and O–H groups in total.